The lowest BCUT2D eigenvalue weighted by Crippen LogP contribution is -2.02. The summed E-state index contributed by atoms with van der Waals surface area (Å²) in [4.78, 5) is 0. The lowest BCUT2D eigenvalue weighted by molar-refractivity contribution is 0.723. The molecule has 0 saturated heterocycles. The molecule has 2 rings (SSSR count). The SMILES string of the molecule is C=CCn1nc2ccccc2c1N. The molecule has 0 aliphatic carbocycles. The average molecular weight is 173 g/mol. The average Bonchev–Trinajstić information content (AvgIpc) is 2.46. The Morgan fingerprint density at radius 3 is 2.92 bits per heavy atom. The number of benzene rings is 1. The highest BCUT2D eigenvalue weighted by atomic mass is 15.3. The molecule has 13 heavy (non-hydrogen) atoms. The lowest BCUT2D eigenvalue weighted by Gasteiger charge is -1.97. The van der Waals surface area contributed by atoms with Crippen LogP contribution in [0.5, 0.6) is 0 Å². The van der Waals surface area contributed by atoms with Crippen molar-refractivity contribution in [1.82, 2.24) is 9.78 Å². The maximum Gasteiger partial charge on any atom is 0.130 e. The van der Waals surface area contributed by atoms with Crippen molar-refractivity contribution in [2.45, 2.75) is 6.54 Å². The zero-order chi connectivity index (χ0) is 9.26. The number of nitrogens with zero attached hydrogens (tertiary/aromatic N) is 2. The molecular weight excluding hydrogens is 162 g/mol. The summed E-state index contributed by atoms with van der Waals surface area (Å²) in [5.74, 6) is 0.704. The van der Waals surface area contributed by atoms with Gasteiger partial charge in [-0.25, -0.2) is 4.68 Å². The first-order valence-corrected chi connectivity index (χ1v) is 4.15. The summed E-state index contributed by atoms with van der Waals surface area (Å²) in [7, 11) is 0. The van der Waals surface area contributed by atoms with E-state index >= 15 is 0 Å². The number of allylic oxidation sites excluding steroid dienone is 1. The predicted octanol–water partition coefficient (Wildman–Crippen LogP) is 1.80. The minimum Gasteiger partial charge on any atom is -0.383 e. The van der Waals surface area contributed by atoms with Crippen LogP contribution >= 0.6 is 0 Å². The predicted molar refractivity (Wildman–Crippen MR) is 54.3 cm³/mol. The topological polar surface area (TPSA) is 43.8 Å². The van der Waals surface area contributed by atoms with Gasteiger partial charge in [-0.05, 0) is 12.1 Å². The fraction of sp³-hybridized carbons (Fsp3) is 0.100. The number of fused-ring (bicyclic) bond motifs is 1. The number of anilines is 1. The molecule has 2 N–H and O–H groups in total. The van der Waals surface area contributed by atoms with Crippen LogP contribution in [0.4, 0.5) is 5.82 Å². The normalized spacial score (nSPS) is 10.5. The first-order valence-electron chi connectivity index (χ1n) is 4.15. The van der Waals surface area contributed by atoms with Gasteiger partial charge in [0.1, 0.15) is 5.82 Å². The zero-order valence-corrected chi connectivity index (χ0v) is 7.27. The van der Waals surface area contributed by atoms with Crippen LogP contribution in [-0.4, -0.2) is 9.78 Å². The van der Waals surface area contributed by atoms with E-state index in [0.29, 0.717) is 12.4 Å². The first kappa shape index (κ1) is 7.86. The van der Waals surface area contributed by atoms with Crippen molar-refractivity contribution in [2.24, 2.45) is 0 Å². The molecule has 3 heteroatoms. The van der Waals surface area contributed by atoms with Gasteiger partial charge >= 0.3 is 0 Å². The van der Waals surface area contributed by atoms with Crippen molar-refractivity contribution >= 4 is 16.7 Å². The van der Waals surface area contributed by atoms with Crippen LogP contribution in [0.25, 0.3) is 10.9 Å². The van der Waals surface area contributed by atoms with Gasteiger partial charge in [-0.1, -0.05) is 18.2 Å². The number of aromatic nitrogens is 2. The lowest BCUT2D eigenvalue weighted by atomic mass is 10.2. The molecule has 3 nitrogen and oxygen atoms in total. The van der Waals surface area contributed by atoms with Gasteiger partial charge in [0, 0.05) is 5.39 Å². The Morgan fingerprint density at radius 2 is 2.23 bits per heavy atom. The number of hydrogen-bond donors (Lipinski definition) is 1. The molecular formula is C10H11N3. The summed E-state index contributed by atoms with van der Waals surface area (Å²) in [6.45, 7) is 4.30. The second-order valence-corrected chi connectivity index (χ2v) is 2.87. The van der Waals surface area contributed by atoms with Crippen molar-refractivity contribution in [3.8, 4) is 0 Å². The van der Waals surface area contributed by atoms with E-state index in [9.17, 15) is 0 Å². The maximum absolute atomic E-state index is 5.88. The maximum atomic E-state index is 5.88. The Hall–Kier alpha value is -1.77. The molecule has 0 saturated carbocycles. The van der Waals surface area contributed by atoms with Gasteiger partial charge in [-0.3, -0.25) is 0 Å². The van der Waals surface area contributed by atoms with Crippen LogP contribution in [0.15, 0.2) is 36.9 Å². The number of nitrogens with two attached hydrogens (primary N) is 1. The molecule has 0 bridgehead atoms. The fourth-order valence-electron chi connectivity index (χ4n) is 1.36. The summed E-state index contributed by atoms with van der Waals surface area (Å²) in [6, 6.07) is 7.83. The summed E-state index contributed by atoms with van der Waals surface area (Å²) >= 11 is 0. The van der Waals surface area contributed by atoms with Crippen LogP contribution in [0, 0.1) is 0 Å². The standard InChI is InChI=1S/C10H11N3/c1-2-7-13-10(11)8-5-3-4-6-9(8)12-13/h2-6H,1,7,11H2. The molecule has 0 spiro atoms. The van der Waals surface area contributed by atoms with Crippen LogP contribution in [0.1, 0.15) is 0 Å². The molecule has 0 atom stereocenters. The Kier molecular flexibility index (Phi) is 1.77. The Bertz CT molecular complexity index is 442. The van der Waals surface area contributed by atoms with E-state index < -0.39 is 0 Å². The Balaban J connectivity index is 2.66. The van der Waals surface area contributed by atoms with Gasteiger partial charge in [-0.15, -0.1) is 6.58 Å². The summed E-state index contributed by atoms with van der Waals surface area (Å²) in [6.07, 6.45) is 1.78. The van der Waals surface area contributed by atoms with Crippen molar-refractivity contribution in [3.05, 3.63) is 36.9 Å². The van der Waals surface area contributed by atoms with E-state index in [0.717, 1.165) is 10.9 Å². The van der Waals surface area contributed by atoms with Crippen LogP contribution in [-0.2, 0) is 6.54 Å². The third-order valence-corrected chi connectivity index (χ3v) is 1.99. The summed E-state index contributed by atoms with van der Waals surface area (Å²) in [5, 5.41) is 5.33. The number of nitrogen functional groups attached to an aromatic ring is 1. The van der Waals surface area contributed by atoms with Crippen LogP contribution in [0.2, 0.25) is 0 Å². The van der Waals surface area contributed by atoms with E-state index in [1.165, 1.54) is 0 Å². The minimum absolute atomic E-state index is 0.653. The molecule has 1 aromatic carbocycles. The third-order valence-electron chi connectivity index (χ3n) is 1.99. The van der Waals surface area contributed by atoms with Crippen LogP contribution in [0.3, 0.4) is 0 Å². The minimum atomic E-state index is 0.653. The van der Waals surface area contributed by atoms with Gasteiger partial charge in [0.25, 0.3) is 0 Å². The van der Waals surface area contributed by atoms with Crippen molar-refractivity contribution in [1.29, 1.82) is 0 Å². The highest BCUT2D eigenvalue weighted by molar-refractivity contribution is 5.88. The number of rotatable bonds is 2. The third kappa shape index (κ3) is 1.18. The van der Waals surface area contributed by atoms with Gasteiger partial charge in [0.2, 0.25) is 0 Å². The van der Waals surface area contributed by atoms with Crippen molar-refractivity contribution in [3.63, 3.8) is 0 Å². The molecule has 0 unspecified atom stereocenters. The molecule has 1 aromatic heterocycles. The highest BCUT2D eigenvalue weighted by Crippen LogP contribution is 2.19. The van der Waals surface area contributed by atoms with E-state index in [1.807, 2.05) is 24.3 Å². The molecule has 0 aliphatic rings. The Labute approximate surface area is 76.5 Å². The van der Waals surface area contributed by atoms with Gasteiger partial charge in [0.15, 0.2) is 0 Å². The molecule has 0 amide bonds. The van der Waals surface area contributed by atoms with Crippen molar-refractivity contribution in [2.75, 3.05) is 5.73 Å². The smallest absolute Gasteiger partial charge is 0.130 e. The quantitative estimate of drug-likeness (QED) is 0.704. The zero-order valence-electron chi connectivity index (χ0n) is 7.27. The summed E-state index contributed by atoms with van der Waals surface area (Å²) < 4.78 is 1.75. The second-order valence-electron chi connectivity index (χ2n) is 2.87. The Morgan fingerprint density at radius 1 is 1.46 bits per heavy atom. The highest BCUT2D eigenvalue weighted by Gasteiger charge is 2.04. The molecule has 2 aromatic rings. The van der Waals surface area contributed by atoms with E-state index in [1.54, 1.807) is 10.8 Å². The molecule has 0 aliphatic heterocycles. The molecule has 0 fully saturated rings. The molecule has 0 radical (unpaired) electrons. The van der Waals surface area contributed by atoms with E-state index in [-0.39, 0.29) is 0 Å². The largest absolute Gasteiger partial charge is 0.383 e. The van der Waals surface area contributed by atoms with Gasteiger partial charge in [0.05, 0.1) is 12.1 Å². The van der Waals surface area contributed by atoms with Gasteiger partial charge in [-0.2, -0.15) is 5.10 Å². The monoisotopic (exact) mass is 173 g/mol. The molecule has 66 valence electrons. The van der Waals surface area contributed by atoms with E-state index in [2.05, 4.69) is 11.7 Å². The first-order chi connectivity index (χ1) is 6.33. The molecule has 1 heterocycles. The van der Waals surface area contributed by atoms with Crippen molar-refractivity contribution < 1.29 is 0 Å². The number of hydrogen-bond acceptors (Lipinski definition) is 2. The second kappa shape index (κ2) is 2.94. The fourth-order valence-corrected chi connectivity index (χ4v) is 1.36. The van der Waals surface area contributed by atoms with E-state index in [4.69, 9.17) is 5.73 Å². The summed E-state index contributed by atoms with van der Waals surface area (Å²) in [5.41, 5.74) is 6.81. The van der Waals surface area contributed by atoms with Crippen LogP contribution < -0.4 is 5.73 Å². The van der Waals surface area contributed by atoms with Gasteiger partial charge < -0.3 is 5.73 Å².